The van der Waals surface area contributed by atoms with Crippen molar-refractivity contribution in [2.45, 2.75) is 6.92 Å². The minimum atomic E-state index is -3.80. The van der Waals surface area contributed by atoms with E-state index in [2.05, 4.69) is 0 Å². The molecule has 0 N–H and O–H groups in total. The number of sulfone groups is 1. The lowest BCUT2D eigenvalue weighted by Gasteiger charge is -2.64. The molecule has 2 aromatic rings. The minimum Gasteiger partial charge on any atom is -0.792 e. The average molecular weight is 358 g/mol. The van der Waals surface area contributed by atoms with Gasteiger partial charge >= 0.3 is 0 Å². The molecule has 128 valence electrons. The smallest absolute Gasteiger partial charge is 0.137 e. The Hall–Kier alpha value is -3.09. The number of nitrogens with zero attached hydrogens (tertiary/aromatic N) is 2. The molecule has 2 aromatic carbocycles. The van der Waals surface area contributed by atoms with Crippen LogP contribution in [-0.4, -0.2) is 9.11 Å². The Balaban J connectivity index is 2.27. The molecule has 0 aromatic heterocycles. The first-order valence-electron chi connectivity index (χ1n) is 7.83. The lowest BCUT2D eigenvalue weighted by Crippen LogP contribution is -2.09. The number of rotatable bonds is 2. The maximum absolute atomic E-state index is 13.2. The number of hydrogen-bond donors (Lipinski definition) is 0. The van der Waals surface area contributed by atoms with Crippen LogP contribution in [0, 0.1) is 29.6 Å². The third kappa shape index (κ3) is 3.20. The van der Waals surface area contributed by atoms with Gasteiger partial charge in [-0.05, 0) is 30.2 Å². The molecule has 0 saturated carbocycles. The molecule has 0 amide bonds. The first kappa shape index (κ1) is 17.7. The monoisotopic (exact) mass is 358 g/mol. The zero-order valence-electron chi connectivity index (χ0n) is 14.0. The molecular formula is C21H14N2O2S-2. The summed E-state index contributed by atoms with van der Waals surface area (Å²) in [4.78, 5) is 0.158. The summed E-state index contributed by atoms with van der Waals surface area (Å²) in [5.74, 6) is 0. The summed E-state index contributed by atoms with van der Waals surface area (Å²) >= 11 is 0. The van der Waals surface area contributed by atoms with Crippen LogP contribution < -0.4 is 0 Å². The van der Waals surface area contributed by atoms with Gasteiger partial charge in [-0.25, -0.2) is 0 Å². The largest absolute Gasteiger partial charge is 0.792 e. The summed E-state index contributed by atoms with van der Waals surface area (Å²) in [5.41, 5.74) is 2.20. The molecular weight excluding hydrogens is 344 g/mol. The van der Waals surface area contributed by atoms with Crippen LogP contribution in [0.1, 0.15) is 16.7 Å². The number of benzene rings is 2. The highest BCUT2D eigenvalue weighted by molar-refractivity contribution is 8.39. The second-order valence-corrected chi connectivity index (χ2v) is 7.69. The fourth-order valence-electron chi connectivity index (χ4n) is 2.69. The van der Waals surface area contributed by atoms with E-state index in [1.807, 2.05) is 31.2 Å². The Labute approximate surface area is 154 Å². The van der Waals surface area contributed by atoms with Gasteiger partial charge in [-0.3, -0.25) is 0 Å². The zero-order chi connectivity index (χ0) is 18.7. The summed E-state index contributed by atoms with van der Waals surface area (Å²) in [6.45, 7) is 1.91. The van der Waals surface area contributed by atoms with Crippen molar-refractivity contribution in [3.8, 4) is 12.1 Å². The van der Waals surface area contributed by atoms with E-state index in [4.69, 9.17) is 0 Å². The van der Waals surface area contributed by atoms with Gasteiger partial charge in [-0.2, -0.15) is 10.5 Å². The molecule has 0 spiro atoms. The Bertz CT molecular complexity index is 1000. The molecule has 3 rings (SSSR count). The average Bonchev–Trinajstić information content (AvgIpc) is 2.65. The van der Waals surface area contributed by atoms with E-state index in [-0.39, 0.29) is 15.4 Å². The van der Waals surface area contributed by atoms with Crippen molar-refractivity contribution < 1.29 is 9.11 Å². The quantitative estimate of drug-likeness (QED) is 0.721. The second kappa shape index (κ2) is 7.03. The highest BCUT2D eigenvalue weighted by Gasteiger charge is 2.19. The van der Waals surface area contributed by atoms with Crippen molar-refractivity contribution >= 4 is 20.4 Å². The molecule has 4 nitrogen and oxygen atoms in total. The van der Waals surface area contributed by atoms with E-state index in [1.165, 1.54) is 12.2 Å². The van der Waals surface area contributed by atoms with Crippen LogP contribution >= 0.6 is 10.6 Å². The van der Waals surface area contributed by atoms with Crippen molar-refractivity contribution in [3.63, 3.8) is 0 Å². The lowest BCUT2D eigenvalue weighted by atomic mass is 10.0. The van der Waals surface area contributed by atoms with Gasteiger partial charge in [0.05, 0.1) is 0 Å². The normalized spacial score (nSPS) is 16.6. The van der Waals surface area contributed by atoms with Crippen molar-refractivity contribution in [2.24, 2.45) is 0 Å². The highest BCUT2D eigenvalue weighted by Crippen LogP contribution is 2.65. The molecule has 0 unspecified atom stereocenters. The van der Waals surface area contributed by atoms with E-state index < -0.39 is 10.6 Å². The van der Waals surface area contributed by atoms with E-state index >= 15 is 0 Å². The molecule has 0 bridgehead atoms. The van der Waals surface area contributed by atoms with Crippen molar-refractivity contribution in [3.05, 3.63) is 94.6 Å². The number of hydrogen-bond acceptors (Lipinski definition) is 4. The SMILES string of the molecule is Cc1ccc(C2=CC(=C(C#N)C#N)C=C(c3ccccc3)S2([O-])[O-])cc1. The number of nitriles is 2. The molecule has 0 atom stereocenters. The van der Waals surface area contributed by atoms with E-state index in [1.54, 1.807) is 42.5 Å². The summed E-state index contributed by atoms with van der Waals surface area (Å²) in [6, 6.07) is 19.4. The van der Waals surface area contributed by atoms with Crippen molar-refractivity contribution in [1.82, 2.24) is 0 Å². The maximum Gasteiger partial charge on any atom is 0.137 e. The molecule has 1 aliphatic rings. The fraction of sp³-hybridized carbons (Fsp3) is 0.0476. The predicted molar refractivity (Wildman–Crippen MR) is 101 cm³/mol. The van der Waals surface area contributed by atoms with Gasteiger partial charge in [0.2, 0.25) is 0 Å². The lowest BCUT2D eigenvalue weighted by molar-refractivity contribution is 0.471. The fourth-order valence-corrected chi connectivity index (χ4v) is 4.39. The van der Waals surface area contributed by atoms with Gasteiger partial charge in [0.25, 0.3) is 0 Å². The van der Waals surface area contributed by atoms with Crippen LogP contribution in [-0.2, 0) is 0 Å². The third-order valence-corrected chi connectivity index (χ3v) is 5.92. The van der Waals surface area contributed by atoms with Gasteiger partial charge in [-0.15, -0.1) is 0 Å². The molecule has 0 aliphatic carbocycles. The molecule has 1 heterocycles. The molecule has 5 heteroatoms. The van der Waals surface area contributed by atoms with Crippen molar-refractivity contribution in [2.75, 3.05) is 0 Å². The second-order valence-electron chi connectivity index (χ2n) is 5.81. The van der Waals surface area contributed by atoms with Crippen LogP contribution in [0.25, 0.3) is 9.81 Å². The van der Waals surface area contributed by atoms with E-state index in [0.717, 1.165) is 5.56 Å². The minimum absolute atomic E-state index is 0.0779. The van der Waals surface area contributed by atoms with E-state index in [9.17, 15) is 19.6 Å². The number of aryl methyl sites for hydroxylation is 1. The third-order valence-electron chi connectivity index (χ3n) is 4.06. The first-order valence-corrected chi connectivity index (χ1v) is 9.31. The Morgan fingerprint density at radius 1 is 0.808 bits per heavy atom. The van der Waals surface area contributed by atoms with Crippen LogP contribution in [0.15, 0.2) is 77.9 Å². The first-order chi connectivity index (χ1) is 12.5. The Morgan fingerprint density at radius 2 is 1.31 bits per heavy atom. The summed E-state index contributed by atoms with van der Waals surface area (Å²) in [7, 11) is -3.80. The van der Waals surface area contributed by atoms with E-state index in [0.29, 0.717) is 16.7 Å². The highest BCUT2D eigenvalue weighted by atomic mass is 32.3. The molecule has 26 heavy (non-hydrogen) atoms. The summed E-state index contributed by atoms with van der Waals surface area (Å²) in [5, 5.41) is 18.4. The Morgan fingerprint density at radius 3 is 1.81 bits per heavy atom. The molecule has 0 fully saturated rings. The van der Waals surface area contributed by atoms with Crippen LogP contribution in [0.4, 0.5) is 0 Å². The van der Waals surface area contributed by atoms with Gasteiger partial charge in [0.1, 0.15) is 17.7 Å². The summed E-state index contributed by atoms with van der Waals surface area (Å²) < 4.78 is 26.4. The zero-order valence-corrected chi connectivity index (χ0v) is 14.8. The summed E-state index contributed by atoms with van der Waals surface area (Å²) in [6.07, 6.45) is 2.79. The topological polar surface area (TPSA) is 93.7 Å². The molecule has 1 aliphatic heterocycles. The van der Waals surface area contributed by atoms with Gasteiger partial charge in [0, 0.05) is 15.4 Å². The number of allylic oxidation sites excluding steroid dienone is 4. The van der Waals surface area contributed by atoms with Gasteiger partial charge < -0.3 is 19.7 Å². The molecule has 0 saturated heterocycles. The maximum atomic E-state index is 13.2. The van der Waals surface area contributed by atoms with Gasteiger partial charge in [0.15, 0.2) is 0 Å². The van der Waals surface area contributed by atoms with Crippen molar-refractivity contribution in [1.29, 1.82) is 10.5 Å². The standard InChI is InChI=1S/C21H16N2O2S/c1-15-7-9-17(10-8-15)21-12-18(19(13-22)14-23)11-20(26(21,24)25)16-5-3-2-4-6-16/h2-12,24-25H,1H3/p-2. The van der Waals surface area contributed by atoms with Crippen LogP contribution in [0.5, 0.6) is 0 Å². The molecule has 0 radical (unpaired) electrons. The Kier molecular flexibility index (Phi) is 4.79. The van der Waals surface area contributed by atoms with Gasteiger partial charge in [-0.1, -0.05) is 60.2 Å². The predicted octanol–water partition coefficient (Wildman–Crippen LogP) is 4.80. The van der Waals surface area contributed by atoms with Crippen LogP contribution in [0.3, 0.4) is 0 Å². The van der Waals surface area contributed by atoms with Crippen LogP contribution in [0.2, 0.25) is 0 Å².